The molecule has 0 aliphatic carbocycles. The molecule has 0 bridgehead atoms. The molecular formula is C17H15ClF3NO5Si. The lowest BCUT2D eigenvalue weighted by molar-refractivity contribution is -0.385. The van der Waals surface area contributed by atoms with Crippen molar-refractivity contribution in [1.82, 2.24) is 0 Å². The first kappa shape index (κ1) is 21.7. The van der Waals surface area contributed by atoms with Crippen LogP contribution in [0.3, 0.4) is 0 Å². The molecule has 0 fully saturated rings. The van der Waals surface area contributed by atoms with E-state index in [0.29, 0.717) is 6.07 Å². The van der Waals surface area contributed by atoms with E-state index in [-0.39, 0.29) is 22.1 Å². The summed E-state index contributed by atoms with van der Waals surface area (Å²) in [6, 6.07) is 5.85. The summed E-state index contributed by atoms with van der Waals surface area (Å²) in [7, 11) is -2.33. The van der Waals surface area contributed by atoms with Gasteiger partial charge in [0.2, 0.25) is 8.32 Å². The zero-order valence-electron chi connectivity index (χ0n) is 15.0. The zero-order chi connectivity index (χ0) is 21.3. The van der Waals surface area contributed by atoms with Gasteiger partial charge in [-0.2, -0.15) is 13.2 Å². The third-order valence-corrected chi connectivity index (χ3v) is 4.36. The molecule has 28 heavy (non-hydrogen) atoms. The monoisotopic (exact) mass is 433 g/mol. The Morgan fingerprint density at radius 3 is 2.29 bits per heavy atom. The van der Waals surface area contributed by atoms with E-state index >= 15 is 0 Å². The Balaban J connectivity index is 2.38. The fraction of sp³-hybridized carbons (Fsp3) is 0.235. The van der Waals surface area contributed by atoms with Crippen LogP contribution in [0.5, 0.6) is 11.5 Å². The summed E-state index contributed by atoms with van der Waals surface area (Å²) in [5.41, 5.74) is -1.75. The van der Waals surface area contributed by atoms with Gasteiger partial charge in [-0.1, -0.05) is 11.6 Å². The van der Waals surface area contributed by atoms with Gasteiger partial charge in [0, 0.05) is 12.1 Å². The number of nitrogens with zero attached hydrogens (tertiary/aromatic N) is 1. The fourth-order valence-corrected chi connectivity index (χ4v) is 3.01. The Kier molecular flexibility index (Phi) is 6.05. The van der Waals surface area contributed by atoms with E-state index in [0.717, 1.165) is 24.3 Å². The second-order valence-corrected chi connectivity index (χ2v) is 11.5. The van der Waals surface area contributed by atoms with E-state index < -0.39 is 36.6 Å². The van der Waals surface area contributed by atoms with Crippen LogP contribution in [0, 0.1) is 10.1 Å². The van der Waals surface area contributed by atoms with Crippen LogP contribution in [-0.2, 0) is 10.6 Å². The third kappa shape index (κ3) is 5.46. The van der Waals surface area contributed by atoms with Crippen molar-refractivity contribution >= 4 is 31.6 Å². The van der Waals surface area contributed by atoms with Gasteiger partial charge in [0.25, 0.3) is 5.69 Å². The predicted octanol–water partition coefficient (Wildman–Crippen LogP) is 6.05. The number of hydrogen-bond acceptors (Lipinski definition) is 5. The maximum absolute atomic E-state index is 12.7. The predicted molar refractivity (Wildman–Crippen MR) is 98.4 cm³/mol. The van der Waals surface area contributed by atoms with Crippen molar-refractivity contribution in [3.05, 3.63) is 62.7 Å². The average molecular weight is 434 g/mol. The van der Waals surface area contributed by atoms with Crippen molar-refractivity contribution in [3.8, 4) is 11.5 Å². The first-order valence-electron chi connectivity index (χ1n) is 7.84. The molecule has 0 saturated carbocycles. The van der Waals surface area contributed by atoms with Gasteiger partial charge in [-0.25, -0.2) is 4.79 Å². The molecule has 0 N–H and O–H groups in total. The zero-order valence-corrected chi connectivity index (χ0v) is 16.7. The summed E-state index contributed by atoms with van der Waals surface area (Å²) in [5, 5.41) is 10.9. The van der Waals surface area contributed by atoms with E-state index in [9.17, 15) is 28.1 Å². The molecule has 0 aromatic heterocycles. The number of nitro benzene ring substituents is 1. The van der Waals surface area contributed by atoms with Crippen LogP contribution in [0.25, 0.3) is 0 Å². The lowest BCUT2D eigenvalue weighted by Crippen LogP contribution is -2.29. The van der Waals surface area contributed by atoms with Crippen LogP contribution in [-0.4, -0.2) is 19.2 Å². The van der Waals surface area contributed by atoms with Gasteiger partial charge in [0.05, 0.1) is 15.5 Å². The Bertz CT molecular complexity index is 928. The van der Waals surface area contributed by atoms with Crippen LogP contribution in [0.1, 0.15) is 15.9 Å². The van der Waals surface area contributed by atoms with Gasteiger partial charge in [-0.05, 0) is 43.9 Å². The highest BCUT2D eigenvalue weighted by Gasteiger charge is 2.31. The first-order chi connectivity index (χ1) is 12.8. The Morgan fingerprint density at radius 1 is 1.14 bits per heavy atom. The quantitative estimate of drug-likeness (QED) is 0.326. The average Bonchev–Trinajstić information content (AvgIpc) is 2.54. The lowest BCUT2D eigenvalue weighted by atomic mass is 10.1. The van der Waals surface area contributed by atoms with Crippen molar-refractivity contribution in [2.45, 2.75) is 25.8 Å². The molecule has 0 heterocycles. The number of halogens is 4. The minimum absolute atomic E-state index is 0.0187. The number of benzene rings is 2. The van der Waals surface area contributed by atoms with Gasteiger partial charge >= 0.3 is 12.1 Å². The smallest absolute Gasteiger partial charge is 0.416 e. The minimum Gasteiger partial charge on any atom is -0.516 e. The summed E-state index contributed by atoms with van der Waals surface area (Å²) >= 11 is 5.84. The second kappa shape index (κ2) is 7.80. The molecule has 2 rings (SSSR count). The molecule has 2 aromatic rings. The van der Waals surface area contributed by atoms with Crippen LogP contribution < -0.4 is 4.74 Å². The summed E-state index contributed by atoms with van der Waals surface area (Å²) in [6.45, 7) is 5.21. The number of hydrogen-bond donors (Lipinski definition) is 0. The maximum Gasteiger partial charge on any atom is 0.416 e. The molecule has 0 aliphatic heterocycles. The van der Waals surface area contributed by atoms with E-state index in [2.05, 4.69) is 0 Å². The summed E-state index contributed by atoms with van der Waals surface area (Å²) in [6.07, 6.45) is -4.57. The van der Waals surface area contributed by atoms with Crippen molar-refractivity contribution in [2.24, 2.45) is 0 Å². The van der Waals surface area contributed by atoms with Crippen molar-refractivity contribution in [3.63, 3.8) is 0 Å². The molecule has 0 saturated heterocycles. The van der Waals surface area contributed by atoms with Crippen LogP contribution in [0.2, 0.25) is 24.7 Å². The van der Waals surface area contributed by atoms with Crippen LogP contribution in [0.15, 0.2) is 36.4 Å². The molecule has 0 amide bonds. The van der Waals surface area contributed by atoms with Gasteiger partial charge in [0.1, 0.15) is 17.1 Å². The number of nitro groups is 1. The SMILES string of the molecule is C[Si](C)(C)OC(=O)c1cc(Oc2ccc(C(F)(F)F)cc2Cl)ccc1[N+](=O)[O-]. The number of ether oxygens (including phenoxy) is 1. The molecule has 150 valence electrons. The topological polar surface area (TPSA) is 78.7 Å². The fourth-order valence-electron chi connectivity index (χ4n) is 2.12. The van der Waals surface area contributed by atoms with Crippen molar-refractivity contribution in [1.29, 1.82) is 0 Å². The largest absolute Gasteiger partial charge is 0.516 e. The molecule has 11 heteroatoms. The van der Waals surface area contributed by atoms with Gasteiger partial charge < -0.3 is 9.16 Å². The second-order valence-electron chi connectivity index (χ2n) is 6.68. The minimum atomic E-state index is -4.57. The highest BCUT2D eigenvalue weighted by Crippen LogP contribution is 2.37. The van der Waals surface area contributed by atoms with Crippen LogP contribution in [0.4, 0.5) is 18.9 Å². The van der Waals surface area contributed by atoms with E-state index in [1.54, 1.807) is 19.6 Å². The molecule has 6 nitrogen and oxygen atoms in total. The van der Waals surface area contributed by atoms with E-state index in [4.69, 9.17) is 20.8 Å². The highest BCUT2D eigenvalue weighted by molar-refractivity contribution is 6.71. The summed E-state index contributed by atoms with van der Waals surface area (Å²) in [4.78, 5) is 22.8. The Morgan fingerprint density at radius 2 is 1.79 bits per heavy atom. The summed E-state index contributed by atoms with van der Waals surface area (Å²) in [5.74, 6) is -1.00. The number of carbonyl (C=O) groups is 1. The van der Waals surface area contributed by atoms with Gasteiger partial charge in [-0.15, -0.1) is 0 Å². The van der Waals surface area contributed by atoms with E-state index in [1.807, 2.05) is 0 Å². The molecule has 0 atom stereocenters. The number of rotatable bonds is 5. The molecule has 0 spiro atoms. The Hall–Kier alpha value is -2.59. The Labute approximate surface area is 164 Å². The molecule has 0 unspecified atom stereocenters. The number of carbonyl (C=O) groups excluding carboxylic acids is 1. The highest BCUT2D eigenvalue weighted by atomic mass is 35.5. The molecular weight excluding hydrogens is 419 g/mol. The van der Waals surface area contributed by atoms with Crippen LogP contribution >= 0.6 is 11.6 Å². The number of alkyl halides is 3. The van der Waals surface area contributed by atoms with Crippen molar-refractivity contribution in [2.75, 3.05) is 0 Å². The molecule has 2 aromatic carbocycles. The first-order valence-corrected chi connectivity index (χ1v) is 11.6. The third-order valence-electron chi connectivity index (χ3n) is 3.27. The van der Waals surface area contributed by atoms with Gasteiger partial charge in [0.15, 0.2) is 0 Å². The normalized spacial score (nSPS) is 11.8. The maximum atomic E-state index is 12.7. The van der Waals surface area contributed by atoms with Gasteiger partial charge in [-0.3, -0.25) is 10.1 Å². The lowest BCUT2D eigenvalue weighted by Gasteiger charge is -2.17. The van der Waals surface area contributed by atoms with E-state index in [1.165, 1.54) is 6.07 Å². The molecule has 0 aliphatic rings. The molecule has 0 radical (unpaired) electrons. The standard InChI is InChI=1S/C17H15ClF3NO5Si/c1-28(2,3)27-16(23)12-9-11(5-6-14(12)22(24)25)26-15-7-4-10(8-13(15)18)17(19,20)21/h4-9H,1-3H3. The van der Waals surface area contributed by atoms with Crippen molar-refractivity contribution < 1.29 is 32.1 Å². The summed E-state index contributed by atoms with van der Waals surface area (Å²) < 4.78 is 48.8.